The summed E-state index contributed by atoms with van der Waals surface area (Å²) in [6.07, 6.45) is 2.17. The fourth-order valence-corrected chi connectivity index (χ4v) is 3.32. The van der Waals surface area contributed by atoms with E-state index in [0.29, 0.717) is 28.5 Å². The van der Waals surface area contributed by atoms with Crippen LogP contribution in [0.2, 0.25) is 0 Å². The van der Waals surface area contributed by atoms with Crippen LogP contribution in [-0.4, -0.2) is 30.1 Å². The van der Waals surface area contributed by atoms with E-state index in [-0.39, 0.29) is 19.2 Å². The standard InChI is InChI=1S/C22H17NO5/c24-19(14-7-8-20-21(9-14)28-12-27-20)11-26-22(25)16-10-18(13-5-6-13)23-17-4-2-1-3-15(16)17/h1-4,7-10,13H,5-6,11-12H2. The topological polar surface area (TPSA) is 74.7 Å². The highest BCUT2D eigenvalue weighted by Crippen LogP contribution is 2.40. The van der Waals surface area contributed by atoms with Crippen molar-refractivity contribution in [3.8, 4) is 11.5 Å². The molecule has 0 N–H and O–H groups in total. The number of carbonyl (C=O) groups is 2. The van der Waals surface area contributed by atoms with E-state index >= 15 is 0 Å². The van der Waals surface area contributed by atoms with Gasteiger partial charge >= 0.3 is 5.97 Å². The Morgan fingerprint density at radius 3 is 2.71 bits per heavy atom. The fraction of sp³-hybridized carbons (Fsp3) is 0.227. The highest BCUT2D eigenvalue weighted by molar-refractivity contribution is 6.05. The van der Waals surface area contributed by atoms with E-state index in [2.05, 4.69) is 4.98 Å². The Balaban J connectivity index is 1.36. The molecule has 0 unspecified atom stereocenters. The zero-order valence-corrected chi connectivity index (χ0v) is 15.0. The summed E-state index contributed by atoms with van der Waals surface area (Å²) in [7, 11) is 0. The average molecular weight is 375 g/mol. The Labute approximate surface area is 161 Å². The Bertz CT molecular complexity index is 1100. The number of ether oxygens (including phenoxy) is 3. The van der Waals surface area contributed by atoms with Crippen molar-refractivity contribution in [3.05, 3.63) is 65.4 Å². The van der Waals surface area contributed by atoms with Crippen LogP contribution in [0.4, 0.5) is 0 Å². The summed E-state index contributed by atoms with van der Waals surface area (Å²) in [6.45, 7) is -0.200. The summed E-state index contributed by atoms with van der Waals surface area (Å²) >= 11 is 0. The number of para-hydroxylation sites is 1. The molecule has 5 rings (SSSR count). The monoisotopic (exact) mass is 375 g/mol. The first-order chi connectivity index (χ1) is 13.7. The molecule has 3 aromatic rings. The third kappa shape index (κ3) is 3.07. The van der Waals surface area contributed by atoms with Crippen LogP contribution >= 0.6 is 0 Å². The van der Waals surface area contributed by atoms with E-state index in [9.17, 15) is 9.59 Å². The average Bonchev–Trinajstić information content (AvgIpc) is 3.48. The van der Waals surface area contributed by atoms with E-state index in [0.717, 1.165) is 29.4 Å². The molecule has 1 aliphatic carbocycles. The second kappa shape index (κ2) is 6.64. The van der Waals surface area contributed by atoms with Crippen LogP contribution in [0.15, 0.2) is 48.5 Å². The Hall–Kier alpha value is -3.41. The SMILES string of the molecule is O=C(COC(=O)c1cc(C2CC2)nc2ccccc12)c1ccc2c(c1)OCO2. The molecule has 0 amide bonds. The number of hydrogen-bond donors (Lipinski definition) is 0. The van der Waals surface area contributed by atoms with Crippen LogP contribution in [0.1, 0.15) is 45.2 Å². The maximum absolute atomic E-state index is 12.7. The highest BCUT2D eigenvalue weighted by atomic mass is 16.7. The number of carbonyl (C=O) groups excluding carboxylic acids is 2. The molecule has 0 radical (unpaired) electrons. The van der Waals surface area contributed by atoms with Crippen molar-refractivity contribution < 1.29 is 23.8 Å². The summed E-state index contributed by atoms with van der Waals surface area (Å²) in [5.41, 5.74) is 2.54. The molecule has 1 fully saturated rings. The van der Waals surface area contributed by atoms with E-state index in [1.165, 1.54) is 0 Å². The number of aromatic nitrogens is 1. The van der Waals surface area contributed by atoms with Crippen LogP contribution in [0.3, 0.4) is 0 Å². The molecule has 28 heavy (non-hydrogen) atoms. The number of benzene rings is 2. The molecule has 140 valence electrons. The Morgan fingerprint density at radius 1 is 1.04 bits per heavy atom. The van der Waals surface area contributed by atoms with Gasteiger partial charge in [0.15, 0.2) is 23.9 Å². The van der Waals surface area contributed by atoms with Gasteiger partial charge in [0.1, 0.15) is 0 Å². The minimum absolute atomic E-state index is 0.139. The molecule has 0 atom stereocenters. The van der Waals surface area contributed by atoms with Gasteiger partial charge in [-0.2, -0.15) is 0 Å². The maximum atomic E-state index is 12.7. The van der Waals surface area contributed by atoms with Gasteiger partial charge in [-0.25, -0.2) is 4.79 Å². The third-order valence-corrected chi connectivity index (χ3v) is 4.98. The van der Waals surface area contributed by atoms with Crippen molar-refractivity contribution in [1.82, 2.24) is 4.98 Å². The highest BCUT2D eigenvalue weighted by Gasteiger charge is 2.27. The predicted molar refractivity (Wildman–Crippen MR) is 101 cm³/mol. The first-order valence-electron chi connectivity index (χ1n) is 9.19. The number of fused-ring (bicyclic) bond motifs is 2. The van der Waals surface area contributed by atoms with Crippen LogP contribution in [0.5, 0.6) is 11.5 Å². The lowest BCUT2D eigenvalue weighted by Crippen LogP contribution is -2.15. The van der Waals surface area contributed by atoms with Crippen molar-refractivity contribution in [2.24, 2.45) is 0 Å². The first-order valence-corrected chi connectivity index (χ1v) is 9.19. The normalized spacial score (nSPS) is 14.9. The van der Waals surface area contributed by atoms with Gasteiger partial charge in [-0.05, 0) is 43.2 Å². The number of ketones is 1. The number of Topliss-reactive ketones (excluding diaryl/α,β-unsaturated/α-hetero) is 1. The predicted octanol–water partition coefficient (Wildman–Crippen LogP) is 3.88. The largest absolute Gasteiger partial charge is 0.454 e. The Kier molecular flexibility index (Phi) is 3.97. The molecular formula is C22H17NO5. The smallest absolute Gasteiger partial charge is 0.339 e. The molecule has 2 aliphatic rings. The van der Waals surface area contributed by atoms with Crippen molar-refractivity contribution in [1.29, 1.82) is 0 Å². The van der Waals surface area contributed by atoms with Gasteiger partial charge in [0.2, 0.25) is 6.79 Å². The molecule has 2 aromatic carbocycles. The number of nitrogens with zero attached hydrogens (tertiary/aromatic N) is 1. The number of hydrogen-bond acceptors (Lipinski definition) is 6. The second-order valence-corrected chi connectivity index (χ2v) is 6.95. The molecule has 6 nitrogen and oxygen atoms in total. The minimum Gasteiger partial charge on any atom is -0.454 e. The van der Waals surface area contributed by atoms with Gasteiger partial charge in [0, 0.05) is 22.6 Å². The molecule has 0 bridgehead atoms. The van der Waals surface area contributed by atoms with E-state index in [4.69, 9.17) is 14.2 Å². The maximum Gasteiger partial charge on any atom is 0.339 e. The summed E-state index contributed by atoms with van der Waals surface area (Å²) in [5, 5.41) is 0.729. The van der Waals surface area contributed by atoms with Gasteiger partial charge in [-0.1, -0.05) is 18.2 Å². The van der Waals surface area contributed by atoms with Crippen LogP contribution in [0, 0.1) is 0 Å². The summed E-state index contributed by atoms with van der Waals surface area (Å²) in [4.78, 5) is 29.8. The molecule has 1 aliphatic heterocycles. The molecule has 6 heteroatoms. The van der Waals surface area contributed by atoms with E-state index in [1.54, 1.807) is 24.3 Å². The minimum atomic E-state index is -0.519. The van der Waals surface area contributed by atoms with Gasteiger partial charge in [-0.3, -0.25) is 9.78 Å². The molecule has 2 heterocycles. The number of pyridine rings is 1. The molecule has 1 aromatic heterocycles. The molecule has 0 saturated heterocycles. The van der Waals surface area contributed by atoms with Gasteiger partial charge in [0.05, 0.1) is 11.1 Å². The van der Waals surface area contributed by atoms with Crippen molar-refractivity contribution >= 4 is 22.7 Å². The second-order valence-electron chi connectivity index (χ2n) is 6.95. The number of rotatable bonds is 5. The summed E-state index contributed by atoms with van der Waals surface area (Å²) in [5.74, 6) is 0.712. The molecule has 1 saturated carbocycles. The zero-order valence-electron chi connectivity index (χ0n) is 15.0. The van der Waals surface area contributed by atoms with Crippen LogP contribution < -0.4 is 9.47 Å². The summed E-state index contributed by atoms with van der Waals surface area (Å²) in [6, 6.07) is 14.2. The van der Waals surface area contributed by atoms with E-state index < -0.39 is 5.97 Å². The fourth-order valence-electron chi connectivity index (χ4n) is 3.32. The first kappa shape index (κ1) is 16.7. The van der Waals surface area contributed by atoms with Gasteiger partial charge in [0.25, 0.3) is 0 Å². The Morgan fingerprint density at radius 2 is 1.86 bits per heavy atom. The van der Waals surface area contributed by atoms with E-state index in [1.807, 2.05) is 24.3 Å². The lowest BCUT2D eigenvalue weighted by Gasteiger charge is -2.09. The lowest BCUT2D eigenvalue weighted by atomic mass is 10.1. The van der Waals surface area contributed by atoms with Crippen LogP contribution in [0.25, 0.3) is 10.9 Å². The number of esters is 1. The quantitative estimate of drug-likeness (QED) is 0.498. The van der Waals surface area contributed by atoms with Gasteiger partial charge in [-0.15, -0.1) is 0 Å². The third-order valence-electron chi connectivity index (χ3n) is 4.98. The lowest BCUT2D eigenvalue weighted by molar-refractivity contribution is 0.0476. The molecule has 0 spiro atoms. The summed E-state index contributed by atoms with van der Waals surface area (Å²) < 4.78 is 15.9. The van der Waals surface area contributed by atoms with Crippen molar-refractivity contribution in [2.75, 3.05) is 13.4 Å². The van der Waals surface area contributed by atoms with Gasteiger partial charge < -0.3 is 14.2 Å². The zero-order chi connectivity index (χ0) is 19.1. The van der Waals surface area contributed by atoms with Crippen LogP contribution in [-0.2, 0) is 4.74 Å². The molecular weight excluding hydrogens is 358 g/mol. The van der Waals surface area contributed by atoms with Crippen molar-refractivity contribution in [2.45, 2.75) is 18.8 Å². The van der Waals surface area contributed by atoms with Crippen molar-refractivity contribution in [3.63, 3.8) is 0 Å².